The van der Waals surface area contributed by atoms with Gasteiger partial charge in [0.2, 0.25) is 10.0 Å². The molecule has 0 aromatic rings. The first kappa shape index (κ1) is 17.9. The zero-order valence-corrected chi connectivity index (χ0v) is 14.2. The minimum absolute atomic E-state index is 0.214. The summed E-state index contributed by atoms with van der Waals surface area (Å²) in [6, 6.07) is 0. The average molecular weight is 305 g/mol. The first-order valence-electron chi connectivity index (χ1n) is 8.01. The topological polar surface area (TPSA) is 58.2 Å². The van der Waals surface area contributed by atoms with E-state index in [0.29, 0.717) is 12.5 Å². The van der Waals surface area contributed by atoms with Crippen LogP contribution in [0.2, 0.25) is 0 Å². The van der Waals surface area contributed by atoms with Crippen LogP contribution in [0, 0.1) is 11.3 Å². The van der Waals surface area contributed by atoms with Gasteiger partial charge >= 0.3 is 0 Å². The second-order valence-corrected chi connectivity index (χ2v) is 8.68. The van der Waals surface area contributed by atoms with Gasteiger partial charge in [-0.15, -0.1) is 0 Å². The van der Waals surface area contributed by atoms with Crippen molar-refractivity contribution in [2.75, 3.05) is 25.9 Å². The van der Waals surface area contributed by atoms with Crippen molar-refractivity contribution < 1.29 is 8.42 Å². The Morgan fingerprint density at radius 1 is 1.15 bits per heavy atom. The van der Waals surface area contributed by atoms with Crippen molar-refractivity contribution in [1.82, 2.24) is 10.0 Å². The summed E-state index contributed by atoms with van der Waals surface area (Å²) in [5.41, 5.74) is 0.214. The predicted molar refractivity (Wildman–Crippen MR) is 85.3 cm³/mol. The molecule has 20 heavy (non-hydrogen) atoms. The summed E-state index contributed by atoms with van der Waals surface area (Å²) in [4.78, 5) is 0. The van der Waals surface area contributed by atoms with Crippen molar-refractivity contribution in [3.05, 3.63) is 0 Å². The van der Waals surface area contributed by atoms with Crippen molar-refractivity contribution in [2.24, 2.45) is 11.3 Å². The van der Waals surface area contributed by atoms with Gasteiger partial charge in [0.25, 0.3) is 0 Å². The molecule has 0 aromatic carbocycles. The molecule has 5 heteroatoms. The molecule has 0 aromatic heterocycles. The number of sulfonamides is 1. The first-order valence-corrected chi connectivity index (χ1v) is 9.66. The number of unbranched alkanes of at least 4 members (excludes halogenated alkanes) is 1. The first-order chi connectivity index (χ1) is 9.39. The Morgan fingerprint density at radius 3 is 2.35 bits per heavy atom. The monoisotopic (exact) mass is 304 g/mol. The zero-order chi connectivity index (χ0) is 15.1. The van der Waals surface area contributed by atoms with Gasteiger partial charge in [0, 0.05) is 6.54 Å². The lowest BCUT2D eigenvalue weighted by atomic mass is 9.79. The maximum Gasteiger partial charge on any atom is 0.211 e. The molecule has 0 atom stereocenters. The number of nitrogens with one attached hydrogen (secondary N) is 2. The predicted octanol–water partition coefficient (Wildman–Crippen LogP) is 2.51. The Kier molecular flexibility index (Phi) is 7.48. The van der Waals surface area contributed by atoms with E-state index >= 15 is 0 Å². The van der Waals surface area contributed by atoms with Gasteiger partial charge < -0.3 is 5.32 Å². The van der Waals surface area contributed by atoms with E-state index in [-0.39, 0.29) is 11.2 Å². The van der Waals surface area contributed by atoms with E-state index in [1.807, 2.05) is 7.05 Å². The SMILES string of the molecule is CNCCCCS(=O)(=O)NCC1(CC(C)C)CCCC1. The highest BCUT2D eigenvalue weighted by molar-refractivity contribution is 7.89. The Balaban J connectivity index is 2.42. The molecule has 120 valence electrons. The van der Waals surface area contributed by atoms with Crippen molar-refractivity contribution >= 4 is 10.0 Å². The quantitative estimate of drug-likeness (QED) is 0.610. The van der Waals surface area contributed by atoms with Crippen LogP contribution in [0.25, 0.3) is 0 Å². The average Bonchev–Trinajstić information content (AvgIpc) is 2.81. The third kappa shape index (κ3) is 6.55. The molecular weight excluding hydrogens is 272 g/mol. The highest BCUT2D eigenvalue weighted by Gasteiger charge is 2.35. The molecule has 0 bridgehead atoms. The molecule has 1 fully saturated rings. The third-order valence-corrected chi connectivity index (χ3v) is 5.67. The summed E-state index contributed by atoms with van der Waals surface area (Å²) in [5.74, 6) is 0.889. The Morgan fingerprint density at radius 2 is 1.80 bits per heavy atom. The Labute approximate surface area is 125 Å². The maximum atomic E-state index is 12.0. The second-order valence-electron chi connectivity index (χ2n) is 6.76. The molecule has 0 radical (unpaired) electrons. The highest BCUT2D eigenvalue weighted by atomic mass is 32.2. The van der Waals surface area contributed by atoms with Crippen molar-refractivity contribution in [3.8, 4) is 0 Å². The van der Waals surface area contributed by atoms with E-state index in [9.17, 15) is 8.42 Å². The van der Waals surface area contributed by atoms with Crippen LogP contribution < -0.4 is 10.0 Å². The zero-order valence-electron chi connectivity index (χ0n) is 13.4. The van der Waals surface area contributed by atoms with E-state index in [0.717, 1.165) is 25.8 Å². The van der Waals surface area contributed by atoms with Crippen LogP contribution in [0.3, 0.4) is 0 Å². The molecule has 1 aliphatic carbocycles. The van der Waals surface area contributed by atoms with Crippen LogP contribution in [-0.2, 0) is 10.0 Å². The highest BCUT2D eigenvalue weighted by Crippen LogP contribution is 2.42. The van der Waals surface area contributed by atoms with Crippen LogP contribution in [0.15, 0.2) is 0 Å². The standard InChI is InChI=1S/C15H32N2O2S/c1-14(2)12-15(8-4-5-9-15)13-17-20(18,19)11-7-6-10-16-3/h14,16-17H,4-13H2,1-3H3. The largest absolute Gasteiger partial charge is 0.320 e. The molecule has 0 heterocycles. The smallest absolute Gasteiger partial charge is 0.211 e. The van der Waals surface area contributed by atoms with Gasteiger partial charge in [0.1, 0.15) is 0 Å². The summed E-state index contributed by atoms with van der Waals surface area (Å²) in [6.45, 7) is 5.98. The molecule has 1 aliphatic rings. The molecular formula is C15H32N2O2S. The molecule has 1 saturated carbocycles. The normalized spacial score (nSPS) is 18.8. The minimum Gasteiger partial charge on any atom is -0.320 e. The van der Waals surface area contributed by atoms with Gasteiger partial charge in [0.15, 0.2) is 0 Å². The molecule has 0 saturated heterocycles. The number of hydrogen-bond donors (Lipinski definition) is 2. The molecule has 2 N–H and O–H groups in total. The van der Waals surface area contributed by atoms with Crippen molar-refractivity contribution in [1.29, 1.82) is 0 Å². The Bertz CT molecular complexity index is 360. The van der Waals surface area contributed by atoms with Gasteiger partial charge in [-0.3, -0.25) is 0 Å². The van der Waals surface area contributed by atoms with Crippen LogP contribution >= 0.6 is 0 Å². The fraction of sp³-hybridized carbons (Fsp3) is 1.00. The number of rotatable bonds is 10. The molecule has 0 amide bonds. The van der Waals surface area contributed by atoms with Gasteiger partial charge in [-0.05, 0) is 57.0 Å². The third-order valence-electron chi connectivity index (χ3n) is 4.26. The molecule has 0 spiro atoms. The summed E-state index contributed by atoms with van der Waals surface area (Å²) < 4.78 is 27.0. The minimum atomic E-state index is -3.10. The number of hydrogen-bond acceptors (Lipinski definition) is 3. The summed E-state index contributed by atoms with van der Waals surface area (Å²) in [6.07, 6.45) is 7.62. The van der Waals surface area contributed by atoms with Crippen LogP contribution in [-0.4, -0.2) is 34.3 Å². The van der Waals surface area contributed by atoms with E-state index < -0.39 is 10.0 Å². The lowest BCUT2D eigenvalue weighted by Crippen LogP contribution is -2.38. The van der Waals surface area contributed by atoms with E-state index in [1.54, 1.807) is 0 Å². The maximum absolute atomic E-state index is 12.0. The van der Waals surface area contributed by atoms with Crippen LogP contribution in [0.5, 0.6) is 0 Å². The van der Waals surface area contributed by atoms with Crippen molar-refractivity contribution in [3.63, 3.8) is 0 Å². The Hall–Kier alpha value is -0.130. The van der Waals surface area contributed by atoms with Gasteiger partial charge in [-0.2, -0.15) is 0 Å². The van der Waals surface area contributed by atoms with E-state index in [2.05, 4.69) is 23.9 Å². The van der Waals surface area contributed by atoms with E-state index in [4.69, 9.17) is 0 Å². The second kappa shape index (κ2) is 8.35. The summed E-state index contributed by atoms with van der Waals surface area (Å²) in [5, 5.41) is 3.04. The van der Waals surface area contributed by atoms with Crippen molar-refractivity contribution in [2.45, 2.75) is 58.8 Å². The summed E-state index contributed by atoms with van der Waals surface area (Å²) >= 11 is 0. The molecule has 0 aliphatic heterocycles. The lowest BCUT2D eigenvalue weighted by molar-refractivity contribution is 0.236. The van der Waals surface area contributed by atoms with Gasteiger partial charge in [-0.1, -0.05) is 26.7 Å². The molecule has 0 unspecified atom stereocenters. The fourth-order valence-corrected chi connectivity index (χ4v) is 4.63. The molecule has 1 rings (SSSR count). The van der Waals surface area contributed by atoms with E-state index in [1.165, 1.54) is 25.7 Å². The van der Waals surface area contributed by atoms with Crippen LogP contribution in [0.1, 0.15) is 58.8 Å². The van der Waals surface area contributed by atoms with Crippen LogP contribution in [0.4, 0.5) is 0 Å². The fourth-order valence-electron chi connectivity index (χ4n) is 3.37. The summed E-state index contributed by atoms with van der Waals surface area (Å²) in [7, 11) is -1.21. The molecule has 4 nitrogen and oxygen atoms in total. The van der Waals surface area contributed by atoms with Gasteiger partial charge in [0.05, 0.1) is 5.75 Å². The lowest BCUT2D eigenvalue weighted by Gasteiger charge is -2.31. The van der Waals surface area contributed by atoms with Gasteiger partial charge in [-0.25, -0.2) is 13.1 Å².